The first-order chi connectivity index (χ1) is 6.32. The summed E-state index contributed by atoms with van der Waals surface area (Å²) in [5.74, 6) is 0. The van der Waals surface area contributed by atoms with Gasteiger partial charge in [0.05, 0.1) is 5.56 Å². The lowest BCUT2D eigenvalue weighted by Gasteiger charge is -2.12. The Morgan fingerprint density at radius 3 is 2.36 bits per heavy atom. The molecular weight excluding hydrogens is 215 g/mol. The van der Waals surface area contributed by atoms with Crippen LogP contribution < -0.4 is 5.73 Å². The Balaban J connectivity index is 3.20. The predicted octanol–water partition coefficient (Wildman–Crippen LogP) is 3.38. The number of halogens is 4. The molecule has 2 N–H and O–H groups in total. The van der Waals surface area contributed by atoms with Crippen LogP contribution >= 0.6 is 11.6 Å². The molecule has 78 valence electrons. The van der Waals surface area contributed by atoms with Gasteiger partial charge in [-0.15, -0.1) is 0 Å². The van der Waals surface area contributed by atoms with Crippen molar-refractivity contribution in [3.8, 4) is 0 Å². The van der Waals surface area contributed by atoms with Crippen molar-refractivity contribution in [2.45, 2.75) is 19.1 Å². The first kappa shape index (κ1) is 11.3. The Bertz CT molecular complexity index is 333. The fraction of sp³-hybridized carbons (Fsp3) is 0.333. The third kappa shape index (κ3) is 2.39. The molecular formula is C9H9ClF3N. The second kappa shape index (κ2) is 3.79. The quantitative estimate of drug-likeness (QED) is 0.776. The molecule has 0 fully saturated rings. The molecule has 0 saturated heterocycles. The topological polar surface area (TPSA) is 26.0 Å². The zero-order chi connectivity index (χ0) is 10.9. The molecule has 1 aromatic rings. The molecule has 0 aliphatic rings. The lowest BCUT2D eigenvalue weighted by Crippen LogP contribution is -2.10. The minimum Gasteiger partial charge on any atom is -0.324 e. The van der Waals surface area contributed by atoms with Gasteiger partial charge >= 0.3 is 6.18 Å². The van der Waals surface area contributed by atoms with Crippen molar-refractivity contribution >= 4 is 11.6 Å². The van der Waals surface area contributed by atoms with Crippen LogP contribution in [0.1, 0.15) is 24.1 Å². The van der Waals surface area contributed by atoms with Crippen LogP contribution in [0.3, 0.4) is 0 Å². The highest BCUT2D eigenvalue weighted by Crippen LogP contribution is 2.33. The largest absolute Gasteiger partial charge is 0.416 e. The van der Waals surface area contributed by atoms with E-state index in [-0.39, 0.29) is 5.02 Å². The van der Waals surface area contributed by atoms with E-state index in [2.05, 4.69) is 0 Å². The van der Waals surface area contributed by atoms with Crippen LogP contribution in [0.5, 0.6) is 0 Å². The molecule has 0 radical (unpaired) electrons. The fourth-order valence-corrected chi connectivity index (χ4v) is 1.36. The van der Waals surface area contributed by atoms with Crippen molar-refractivity contribution in [3.63, 3.8) is 0 Å². The molecule has 0 saturated carbocycles. The van der Waals surface area contributed by atoms with E-state index in [0.29, 0.717) is 5.56 Å². The Morgan fingerprint density at radius 1 is 1.36 bits per heavy atom. The van der Waals surface area contributed by atoms with Gasteiger partial charge < -0.3 is 5.73 Å². The van der Waals surface area contributed by atoms with Gasteiger partial charge in [-0.3, -0.25) is 0 Å². The summed E-state index contributed by atoms with van der Waals surface area (Å²) in [4.78, 5) is 0. The molecule has 0 aliphatic carbocycles. The van der Waals surface area contributed by atoms with E-state index < -0.39 is 17.8 Å². The van der Waals surface area contributed by atoms with Gasteiger partial charge in [-0.2, -0.15) is 13.2 Å². The summed E-state index contributed by atoms with van der Waals surface area (Å²) >= 11 is 5.69. The molecule has 1 rings (SSSR count). The molecule has 0 bridgehead atoms. The zero-order valence-electron chi connectivity index (χ0n) is 7.40. The second-order valence-electron chi connectivity index (χ2n) is 3.02. The average Bonchev–Trinajstić information content (AvgIpc) is 2.02. The highest BCUT2D eigenvalue weighted by Gasteiger charge is 2.31. The molecule has 14 heavy (non-hydrogen) atoms. The highest BCUT2D eigenvalue weighted by molar-refractivity contribution is 6.31. The summed E-state index contributed by atoms with van der Waals surface area (Å²) < 4.78 is 36.8. The highest BCUT2D eigenvalue weighted by atomic mass is 35.5. The third-order valence-corrected chi connectivity index (χ3v) is 2.16. The second-order valence-corrected chi connectivity index (χ2v) is 3.43. The van der Waals surface area contributed by atoms with E-state index in [9.17, 15) is 13.2 Å². The Hall–Kier alpha value is -0.740. The first-order valence-electron chi connectivity index (χ1n) is 3.94. The number of hydrogen-bond donors (Lipinski definition) is 1. The van der Waals surface area contributed by atoms with Crippen molar-refractivity contribution in [3.05, 3.63) is 34.3 Å². The molecule has 0 heterocycles. The van der Waals surface area contributed by atoms with Crippen LogP contribution in [0.2, 0.25) is 5.02 Å². The van der Waals surface area contributed by atoms with Crippen molar-refractivity contribution in [1.82, 2.24) is 0 Å². The van der Waals surface area contributed by atoms with Gasteiger partial charge in [0.15, 0.2) is 0 Å². The summed E-state index contributed by atoms with van der Waals surface area (Å²) in [7, 11) is 0. The maximum Gasteiger partial charge on any atom is 0.416 e. The van der Waals surface area contributed by atoms with Crippen LogP contribution in [0.4, 0.5) is 13.2 Å². The summed E-state index contributed by atoms with van der Waals surface area (Å²) in [6.07, 6.45) is -4.35. The maximum absolute atomic E-state index is 12.3. The van der Waals surface area contributed by atoms with Gasteiger partial charge in [-0.25, -0.2) is 0 Å². The molecule has 1 aromatic carbocycles. The van der Waals surface area contributed by atoms with Crippen LogP contribution in [0.15, 0.2) is 18.2 Å². The van der Waals surface area contributed by atoms with E-state index in [1.807, 2.05) is 0 Å². The van der Waals surface area contributed by atoms with Crippen molar-refractivity contribution in [2.24, 2.45) is 5.73 Å². The first-order valence-corrected chi connectivity index (χ1v) is 4.32. The average molecular weight is 224 g/mol. The van der Waals surface area contributed by atoms with Crippen molar-refractivity contribution < 1.29 is 13.2 Å². The molecule has 0 spiro atoms. The SMILES string of the molecule is C[C@@H](N)c1cc(C(F)(F)F)ccc1Cl. The van der Waals surface area contributed by atoms with Crippen LogP contribution in [-0.2, 0) is 6.18 Å². The predicted molar refractivity (Wildman–Crippen MR) is 49.1 cm³/mol. The summed E-state index contributed by atoms with van der Waals surface area (Å²) in [5, 5.41) is 0.257. The number of alkyl halides is 3. The maximum atomic E-state index is 12.3. The summed E-state index contributed by atoms with van der Waals surface area (Å²) in [6, 6.07) is 2.62. The molecule has 0 aromatic heterocycles. The normalized spacial score (nSPS) is 14.1. The monoisotopic (exact) mass is 223 g/mol. The number of hydrogen-bond acceptors (Lipinski definition) is 1. The molecule has 0 amide bonds. The molecule has 0 aliphatic heterocycles. The van der Waals surface area contributed by atoms with Gasteiger partial charge in [0.2, 0.25) is 0 Å². The van der Waals surface area contributed by atoms with E-state index in [1.165, 1.54) is 6.07 Å². The van der Waals surface area contributed by atoms with Crippen molar-refractivity contribution in [1.29, 1.82) is 0 Å². The standard InChI is InChI=1S/C9H9ClF3N/c1-5(14)7-4-6(9(11,12)13)2-3-8(7)10/h2-5H,14H2,1H3/t5-/m1/s1. The molecule has 1 atom stereocenters. The number of nitrogens with two attached hydrogens (primary N) is 1. The van der Waals surface area contributed by atoms with Gasteiger partial charge in [-0.1, -0.05) is 11.6 Å². The third-order valence-electron chi connectivity index (χ3n) is 1.81. The van der Waals surface area contributed by atoms with Crippen LogP contribution in [0.25, 0.3) is 0 Å². The molecule has 0 unspecified atom stereocenters. The van der Waals surface area contributed by atoms with E-state index in [1.54, 1.807) is 6.92 Å². The van der Waals surface area contributed by atoms with Crippen molar-refractivity contribution in [2.75, 3.05) is 0 Å². The lowest BCUT2D eigenvalue weighted by atomic mass is 10.1. The smallest absolute Gasteiger partial charge is 0.324 e. The van der Waals surface area contributed by atoms with Gasteiger partial charge in [0, 0.05) is 11.1 Å². The van der Waals surface area contributed by atoms with E-state index in [0.717, 1.165) is 12.1 Å². The number of benzene rings is 1. The molecule has 1 nitrogen and oxygen atoms in total. The van der Waals surface area contributed by atoms with Gasteiger partial charge in [0.25, 0.3) is 0 Å². The van der Waals surface area contributed by atoms with E-state index in [4.69, 9.17) is 17.3 Å². The summed E-state index contributed by atoms with van der Waals surface area (Å²) in [5.41, 5.74) is 5.05. The number of rotatable bonds is 1. The Kier molecular flexibility index (Phi) is 3.07. The van der Waals surface area contributed by atoms with Gasteiger partial charge in [0.1, 0.15) is 0 Å². The van der Waals surface area contributed by atoms with E-state index >= 15 is 0 Å². The van der Waals surface area contributed by atoms with Crippen LogP contribution in [-0.4, -0.2) is 0 Å². The van der Waals surface area contributed by atoms with Crippen LogP contribution in [0, 0.1) is 0 Å². The minimum absolute atomic E-state index is 0.257. The fourth-order valence-electron chi connectivity index (χ4n) is 1.07. The zero-order valence-corrected chi connectivity index (χ0v) is 8.15. The Labute approximate surface area is 84.7 Å². The molecule has 5 heteroatoms. The lowest BCUT2D eigenvalue weighted by molar-refractivity contribution is -0.137. The Morgan fingerprint density at radius 2 is 1.93 bits per heavy atom. The van der Waals surface area contributed by atoms with Gasteiger partial charge in [-0.05, 0) is 30.7 Å². The summed E-state index contributed by atoms with van der Waals surface area (Å²) in [6.45, 7) is 1.58. The minimum atomic E-state index is -4.35.